The first-order valence-electron chi connectivity index (χ1n) is 3.56. The number of hydrogen-bond donors (Lipinski definition) is 0. The van der Waals surface area contributed by atoms with Gasteiger partial charge < -0.3 is 0 Å². The normalized spacial score (nSPS) is 9.92. The number of aromatic nitrogens is 3. The highest BCUT2D eigenvalue weighted by Gasteiger charge is 1.96. The Morgan fingerprint density at radius 2 is 2.42 bits per heavy atom. The van der Waals surface area contributed by atoms with Gasteiger partial charge in [0.05, 0.1) is 24.4 Å². The van der Waals surface area contributed by atoms with Crippen molar-refractivity contribution >= 4 is 5.65 Å². The third kappa shape index (κ3) is 1.01. The number of fused-ring (bicyclic) bond motifs is 1. The second-order valence-corrected chi connectivity index (χ2v) is 2.39. The van der Waals surface area contributed by atoms with E-state index in [2.05, 4.69) is 10.1 Å². The predicted molar refractivity (Wildman–Crippen MR) is 42.3 cm³/mol. The summed E-state index contributed by atoms with van der Waals surface area (Å²) in [5.74, 6) is 0. The maximum Gasteiger partial charge on any atom is 0.155 e. The average molecular weight is 158 g/mol. The van der Waals surface area contributed by atoms with Crippen molar-refractivity contribution in [1.29, 1.82) is 5.26 Å². The number of nitriles is 1. The predicted octanol–water partition coefficient (Wildman–Crippen LogP) is 0.795. The number of rotatable bonds is 1. The summed E-state index contributed by atoms with van der Waals surface area (Å²) in [6.45, 7) is 0. The smallest absolute Gasteiger partial charge is 0.155 e. The second kappa shape index (κ2) is 2.62. The Morgan fingerprint density at radius 3 is 3.25 bits per heavy atom. The lowest BCUT2D eigenvalue weighted by Crippen LogP contribution is -1.93. The Bertz CT molecular complexity index is 437. The lowest BCUT2D eigenvalue weighted by atomic mass is 10.3. The van der Waals surface area contributed by atoms with Crippen LogP contribution in [0.25, 0.3) is 5.65 Å². The summed E-state index contributed by atoms with van der Waals surface area (Å²) in [5.41, 5.74) is 1.56. The Hall–Kier alpha value is -1.89. The standard InChI is InChI=1S/C8H6N4/c9-4-1-7-3-6-12-8(11-7)2-5-10-12/h2-3,5-6H,1H2. The van der Waals surface area contributed by atoms with Crippen LogP contribution in [0.2, 0.25) is 0 Å². The molecular weight excluding hydrogens is 152 g/mol. The summed E-state index contributed by atoms with van der Waals surface area (Å²) in [6.07, 6.45) is 3.83. The fraction of sp³-hybridized carbons (Fsp3) is 0.125. The molecule has 0 unspecified atom stereocenters. The van der Waals surface area contributed by atoms with E-state index >= 15 is 0 Å². The molecule has 2 aromatic rings. The topological polar surface area (TPSA) is 54.0 Å². The summed E-state index contributed by atoms with van der Waals surface area (Å²) in [4.78, 5) is 4.20. The third-order valence-electron chi connectivity index (χ3n) is 1.58. The zero-order chi connectivity index (χ0) is 8.39. The molecule has 2 heterocycles. The zero-order valence-corrected chi connectivity index (χ0v) is 6.31. The summed E-state index contributed by atoms with van der Waals surface area (Å²) >= 11 is 0. The maximum atomic E-state index is 8.43. The van der Waals surface area contributed by atoms with Crippen LogP contribution in [0.1, 0.15) is 5.69 Å². The highest BCUT2D eigenvalue weighted by atomic mass is 15.2. The quantitative estimate of drug-likeness (QED) is 0.616. The second-order valence-electron chi connectivity index (χ2n) is 2.39. The van der Waals surface area contributed by atoms with Crippen LogP contribution in [0.3, 0.4) is 0 Å². The van der Waals surface area contributed by atoms with Crippen LogP contribution < -0.4 is 0 Å². The average Bonchev–Trinajstić information content (AvgIpc) is 2.51. The van der Waals surface area contributed by atoms with E-state index in [-0.39, 0.29) is 0 Å². The van der Waals surface area contributed by atoms with E-state index < -0.39 is 0 Å². The van der Waals surface area contributed by atoms with Gasteiger partial charge in [-0.25, -0.2) is 9.50 Å². The van der Waals surface area contributed by atoms with E-state index in [9.17, 15) is 0 Å². The van der Waals surface area contributed by atoms with Gasteiger partial charge in [0, 0.05) is 12.3 Å². The van der Waals surface area contributed by atoms with Crippen LogP contribution in [0, 0.1) is 11.3 Å². The van der Waals surface area contributed by atoms with Crippen molar-refractivity contribution in [2.75, 3.05) is 0 Å². The van der Waals surface area contributed by atoms with Crippen molar-refractivity contribution in [3.05, 3.63) is 30.2 Å². The molecule has 0 fully saturated rings. The molecule has 0 aliphatic carbocycles. The Morgan fingerprint density at radius 1 is 1.50 bits per heavy atom. The van der Waals surface area contributed by atoms with Crippen molar-refractivity contribution in [2.45, 2.75) is 6.42 Å². The highest BCUT2D eigenvalue weighted by molar-refractivity contribution is 5.36. The van der Waals surface area contributed by atoms with Gasteiger partial charge in [0.25, 0.3) is 0 Å². The van der Waals surface area contributed by atoms with Crippen LogP contribution >= 0.6 is 0 Å². The molecule has 4 heteroatoms. The molecule has 0 aliphatic rings. The molecule has 0 saturated carbocycles. The summed E-state index contributed by atoms with van der Waals surface area (Å²) in [5, 5.41) is 12.4. The van der Waals surface area contributed by atoms with E-state index in [4.69, 9.17) is 5.26 Å². The van der Waals surface area contributed by atoms with Crippen LogP contribution in [0.4, 0.5) is 0 Å². The maximum absolute atomic E-state index is 8.43. The summed E-state index contributed by atoms with van der Waals surface area (Å²) in [7, 11) is 0. The van der Waals surface area contributed by atoms with Gasteiger partial charge in [0.15, 0.2) is 5.65 Å². The Balaban J connectivity index is 2.54. The molecule has 12 heavy (non-hydrogen) atoms. The fourth-order valence-electron chi connectivity index (χ4n) is 1.03. The summed E-state index contributed by atoms with van der Waals surface area (Å²) in [6, 6.07) is 5.65. The zero-order valence-electron chi connectivity index (χ0n) is 6.31. The largest absolute Gasteiger partial charge is 0.232 e. The van der Waals surface area contributed by atoms with Crippen molar-refractivity contribution in [1.82, 2.24) is 14.6 Å². The van der Waals surface area contributed by atoms with Crippen molar-refractivity contribution in [3.63, 3.8) is 0 Å². The molecule has 0 spiro atoms. The lowest BCUT2D eigenvalue weighted by molar-refractivity contribution is 0.922. The molecule has 58 valence electrons. The van der Waals surface area contributed by atoms with Gasteiger partial charge in [0.2, 0.25) is 0 Å². The van der Waals surface area contributed by atoms with Crippen molar-refractivity contribution < 1.29 is 0 Å². The van der Waals surface area contributed by atoms with Gasteiger partial charge in [-0.3, -0.25) is 0 Å². The van der Waals surface area contributed by atoms with E-state index in [0.29, 0.717) is 6.42 Å². The molecule has 0 aromatic carbocycles. The Labute approximate surface area is 69.1 Å². The lowest BCUT2D eigenvalue weighted by Gasteiger charge is -1.94. The van der Waals surface area contributed by atoms with Crippen molar-refractivity contribution in [2.24, 2.45) is 0 Å². The van der Waals surface area contributed by atoms with Crippen LogP contribution in [0.15, 0.2) is 24.5 Å². The molecule has 0 atom stereocenters. The van der Waals surface area contributed by atoms with Gasteiger partial charge in [-0.2, -0.15) is 10.4 Å². The van der Waals surface area contributed by atoms with Gasteiger partial charge >= 0.3 is 0 Å². The van der Waals surface area contributed by atoms with Gasteiger partial charge in [-0.05, 0) is 6.07 Å². The molecule has 0 aliphatic heterocycles. The highest BCUT2D eigenvalue weighted by Crippen LogP contribution is 2.00. The Kier molecular flexibility index (Phi) is 1.49. The molecule has 0 radical (unpaired) electrons. The molecule has 2 aromatic heterocycles. The third-order valence-corrected chi connectivity index (χ3v) is 1.58. The van der Waals surface area contributed by atoms with Crippen LogP contribution in [-0.2, 0) is 6.42 Å². The molecule has 0 amide bonds. The number of nitrogens with zero attached hydrogens (tertiary/aromatic N) is 4. The minimum absolute atomic E-state index is 0.349. The van der Waals surface area contributed by atoms with Crippen molar-refractivity contribution in [3.8, 4) is 6.07 Å². The van der Waals surface area contributed by atoms with E-state index in [1.54, 1.807) is 29.0 Å². The first-order valence-corrected chi connectivity index (χ1v) is 3.56. The van der Waals surface area contributed by atoms with Crippen LogP contribution in [-0.4, -0.2) is 14.6 Å². The first kappa shape index (κ1) is 6.80. The van der Waals surface area contributed by atoms with E-state index in [1.165, 1.54) is 0 Å². The minimum atomic E-state index is 0.349. The van der Waals surface area contributed by atoms with Crippen LogP contribution in [0.5, 0.6) is 0 Å². The molecule has 2 rings (SSSR count). The minimum Gasteiger partial charge on any atom is -0.232 e. The van der Waals surface area contributed by atoms with Gasteiger partial charge in [-0.1, -0.05) is 0 Å². The summed E-state index contributed by atoms with van der Waals surface area (Å²) < 4.78 is 1.67. The fourth-order valence-corrected chi connectivity index (χ4v) is 1.03. The molecule has 0 bridgehead atoms. The number of hydrogen-bond acceptors (Lipinski definition) is 3. The SMILES string of the molecule is N#CCc1ccn2nccc2n1. The first-order chi connectivity index (χ1) is 5.90. The molecule has 0 saturated heterocycles. The monoisotopic (exact) mass is 158 g/mol. The van der Waals surface area contributed by atoms with E-state index in [1.807, 2.05) is 6.07 Å². The van der Waals surface area contributed by atoms with E-state index in [0.717, 1.165) is 11.3 Å². The van der Waals surface area contributed by atoms with Gasteiger partial charge in [0.1, 0.15) is 0 Å². The van der Waals surface area contributed by atoms with Gasteiger partial charge in [-0.15, -0.1) is 0 Å². The molecule has 0 N–H and O–H groups in total. The molecular formula is C8H6N4. The molecule has 4 nitrogen and oxygen atoms in total.